The normalized spacial score (nSPS) is 15.5. The van der Waals surface area contributed by atoms with Crippen molar-refractivity contribution in [3.8, 4) is 11.5 Å². The molecule has 1 heterocycles. The van der Waals surface area contributed by atoms with Crippen LogP contribution >= 0.6 is 34.2 Å². The molecule has 26 heavy (non-hydrogen) atoms. The SMILES string of the molecule is CCOc1cc(/C=C2/NC(=O)N(c3ccc(Cl)cc3)C2=O)cc(I)c1O. The number of amides is 3. The van der Waals surface area contributed by atoms with E-state index in [1.807, 2.05) is 29.5 Å². The molecule has 6 nitrogen and oxygen atoms in total. The molecule has 2 aromatic rings. The first kappa shape index (κ1) is 18.5. The van der Waals surface area contributed by atoms with Gasteiger partial charge in [0.15, 0.2) is 11.5 Å². The van der Waals surface area contributed by atoms with Crippen LogP contribution in [0.15, 0.2) is 42.1 Å². The summed E-state index contributed by atoms with van der Waals surface area (Å²) in [5, 5.41) is 13.1. The number of carbonyl (C=O) groups is 2. The van der Waals surface area contributed by atoms with Gasteiger partial charge in [-0.3, -0.25) is 4.79 Å². The van der Waals surface area contributed by atoms with Crippen molar-refractivity contribution in [3.63, 3.8) is 0 Å². The van der Waals surface area contributed by atoms with Crippen molar-refractivity contribution in [2.75, 3.05) is 11.5 Å². The molecule has 3 amide bonds. The van der Waals surface area contributed by atoms with Crippen LogP contribution in [0.2, 0.25) is 5.02 Å². The highest BCUT2D eigenvalue weighted by Crippen LogP contribution is 2.34. The summed E-state index contributed by atoms with van der Waals surface area (Å²) in [6, 6.07) is 9.17. The van der Waals surface area contributed by atoms with Crippen LogP contribution in [-0.2, 0) is 4.79 Å². The Labute approximate surface area is 168 Å². The van der Waals surface area contributed by atoms with Gasteiger partial charge < -0.3 is 15.2 Å². The molecule has 0 spiro atoms. The standard InChI is InChI=1S/C18H14ClIN2O4/c1-2-26-15-9-10(7-13(20)16(15)23)8-14-17(24)22(18(25)21-14)12-5-3-11(19)4-6-12/h3-9,23H,2H2,1H3,(H,21,25)/b14-8+. The molecular weight excluding hydrogens is 471 g/mol. The number of phenolic OH excluding ortho intramolecular Hbond substituents is 1. The second-order valence-electron chi connectivity index (χ2n) is 5.39. The smallest absolute Gasteiger partial charge is 0.333 e. The van der Waals surface area contributed by atoms with E-state index >= 15 is 0 Å². The zero-order valence-electron chi connectivity index (χ0n) is 13.6. The Morgan fingerprint density at radius 3 is 2.62 bits per heavy atom. The fourth-order valence-electron chi connectivity index (χ4n) is 2.47. The molecule has 134 valence electrons. The first-order chi connectivity index (χ1) is 12.4. The second-order valence-corrected chi connectivity index (χ2v) is 6.99. The summed E-state index contributed by atoms with van der Waals surface area (Å²) in [5.74, 6) is -0.116. The molecule has 0 bridgehead atoms. The summed E-state index contributed by atoms with van der Waals surface area (Å²) in [4.78, 5) is 25.9. The van der Waals surface area contributed by atoms with Crippen LogP contribution in [0, 0.1) is 3.57 Å². The zero-order chi connectivity index (χ0) is 18.8. The van der Waals surface area contributed by atoms with Gasteiger partial charge in [0, 0.05) is 5.02 Å². The molecule has 1 aliphatic heterocycles. The van der Waals surface area contributed by atoms with Gasteiger partial charge >= 0.3 is 6.03 Å². The topological polar surface area (TPSA) is 78.9 Å². The van der Waals surface area contributed by atoms with E-state index in [-0.39, 0.29) is 11.4 Å². The van der Waals surface area contributed by atoms with Crippen molar-refractivity contribution >= 4 is 57.9 Å². The van der Waals surface area contributed by atoms with Crippen molar-refractivity contribution in [2.45, 2.75) is 6.92 Å². The molecule has 1 aliphatic rings. The van der Waals surface area contributed by atoms with Gasteiger partial charge in [-0.25, -0.2) is 9.69 Å². The van der Waals surface area contributed by atoms with Crippen LogP contribution in [-0.4, -0.2) is 23.7 Å². The van der Waals surface area contributed by atoms with Crippen LogP contribution in [0.3, 0.4) is 0 Å². The van der Waals surface area contributed by atoms with Gasteiger partial charge in [-0.2, -0.15) is 0 Å². The predicted octanol–water partition coefficient (Wildman–Crippen LogP) is 4.15. The quantitative estimate of drug-likeness (QED) is 0.388. The second kappa shape index (κ2) is 7.55. The Bertz CT molecular complexity index is 912. The molecule has 0 atom stereocenters. The highest BCUT2D eigenvalue weighted by molar-refractivity contribution is 14.1. The maximum atomic E-state index is 12.6. The number of phenols is 1. The van der Waals surface area contributed by atoms with E-state index in [0.717, 1.165) is 4.90 Å². The van der Waals surface area contributed by atoms with E-state index in [1.54, 1.807) is 42.5 Å². The minimum atomic E-state index is -0.540. The maximum Gasteiger partial charge on any atom is 0.333 e. The van der Waals surface area contributed by atoms with Crippen LogP contribution < -0.4 is 15.0 Å². The molecule has 0 radical (unpaired) electrons. The zero-order valence-corrected chi connectivity index (χ0v) is 16.5. The van der Waals surface area contributed by atoms with Crippen molar-refractivity contribution in [2.24, 2.45) is 0 Å². The molecule has 8 heteroatoms. The first-order valence-electron chi connectivity index (χ1n) is 7.68. The number of nitrogens with zero attached hydrogens (tertiary/aromatic N) is 1. The maximum absolute atomic E-state index is 12.6. The number of urea groups is 1. The molecule has 2 N–H and O–H groups in total. The first-order valence-corrected chi connectivity index (χ1v) is 9.14. The largest absolute Gasteiger partial charge is 0.504 e. The number of rotatable bonds is 4. The lowest BCUT2D eigenvalue weighted by molar-refractivity contribution is -0.113. The van der Waals surface area contributed by atoms with E-state index in [2.05, 4.69) is 5.32 Å². The van der Waals surface area contributed by atoms with Gasteiger partial charge in [-0.1, -0.05) is 11.6 Å². The number of ether oxygens (including phenoxy) is 1. The number of benzene rings is 2. The fraction of sp³-hybridized carbons (Fsp3) is 0.111. The number of anilines is 1. The summed E-state index contributed by atoms with van der Waals surface area (Å²) >= 11 is 7.82. The minimum absolute atomic E-state index is 0.0409. The van der Waals surface area contributed by atoms with Gasteiger partial charge in [0.05, 0.1) is 15.9 Å². The predicted molar refractivity (Wildman–Crippen MR) is 107 cm³/mol. The third kappa shape index (κ3) is 3.63. The number of carbonyl (C=O) groups excluding carboxylic acids is 2. The minimum Gasteiger partial charge on any atom is -0.504 e. The van der Waals surface area contributed by atoms with Gasteiger partial charge in [0.2, 0.25) is 0 Å². The van der Waals surface area contributed by atoms with Crippen molar-refractivity contribution in [1.29, 1.82) is 0 Å². The highest BCUT2D eigenvalue weighted by atomic mass is 127. The number of nitrogens with one attached hydrogen (secondary N) is 1. The molecule has 0 aromatic heterocycles. The Balaban J connectivity index is 1.94. The van der Waals surface area contributed by atoms with E-state index in [0.29, 0.717) is 32.2 Å². The third-order valence-corrected chi connectivity index (χ3v) is 4.70. The summed E-state index contributed by atoms with van der Waals surface area (Å²) in [6.07, 6.45) is 1.54. The number of hydrogen-bond donors (Lipinski definition) is 2. The number of imide groups is 1. The van der Waals surface area contributed by atoms with Crippen LogP contribution in [0.25, 0.3) is 6.08 Å². The summed E-state index contributed by atoms with van der Waals surface area (Å²) < 4.78 is 5.97. The summed E-state index contributed by atoms with van der Waals surface area (Å²) in [6.45, 7) is 2.20. The number of hydrogen-bond acceptors (Lipinski definition) is 4. The van der Waals surface area contributed by atoms with Crippen molar-refractivity contribution in [1.82, 2.24) is 5.32 Å². The molecule has 0 aliphatic carbocycles. The van der Waals surface area contributed by atoms with Crippen LogP contribution in [0.4, 0.5) is 10.5 Å². The van der Waals surface area contributed by atoms with Gasteiger partial charge in [-0.05, 0) is 77.6 Å². The Morgan fingerprint density at radius 2 is 1.96 bits per heavy atom. The lowest BCUT2D eigenvalue weighted by Crippen LogP contribution is -2.30. The van der Waals surface area contributed by atoms with E-state index < -0.39 is 11.9 Å². The molecule has 0 unspecified atom stereocenters. The summed E-state index contributed by atoms with van der Waals surface area (Å²) in [7, 11) is 0. The van der Waals surface area contributed by atoms with E-state index in [9.17, 15) is 14.7 Å². The average Bonchev–Trinajstić information content (AvgIpc) is 2.87. The lowest BCUT2D eigenvalue weighted by atomic mass is 10.1. The van der Waals surface area contributed by atoms with Crippen molar-refractivity contribution in [3.05, 3.63) is 56.3 Å². The van der Waals surface area contributed by atoms with E-state index in [4.69, 9.17) is 16.3 Å². The molecule has 2 aromatic carbocycles. The van der Waals surface area contributed by atoms with Crippen LogP contribution in [0.1, 0.15) is 12.5 Å². The molecule has 3 rings (SSSR count). The third-order valence-electron chi connectivity index (χ3n) is 3.62. The molecule has 1 saturated heterocycles. The Kier molecular flexibility index (Phi) is 5.38. The molecular formula is C18H14ClIN2O4. The average molecular weight is 485 g/mol. The molecule has 1 fully saturated rings. The summed E-state index contributed by atoms with van der Waals surface area (Å²) in [5.41, 5.74) is 1.18. The Hall–Kier alpha value is -2.26. The number of aromatic hydroxyl groups is 1. The highest BCUT2D eigenvalue weighted by Gasteiger charge is 2.34. The number of halogens is 2. The molecule has 0 saturated carbocycles. The van der Waals surface area contributed by atoms with Gasteiger partial charge in [-0.15, -0.1) is 0 Å². The van der Waals surface area contributed by atoms with Crippen molar-refractivity contribution < 1.29 is 19.4 Å². The van der Waals surface area contributed by atoms with E-state index in [1.165, 1.54) is 0 Å². The Morgan fingerprint density at radius 1 is 1.27 bits per heavy atom. The van der Waals surface area contributed by atoms with Crippen LogP contribution in [0.5, 0.6) is 11.5 Å². The van der Waals surface area contributed by atoms with Gasteiger partial charge in [0.25, 0.3) is 5.91 Å². The van der Waals surface area contributed by atoms with Gasteiger partial charge in [0.1, 0.15) is 5.70 Å². The lowest BCUT2D eigenvalue weighted by Gasteiger charge is -2.11. The fourth-order valence-corrected chi connectivity index (χ4v) is 3.22. The monoisotopic (exact) mass is 484 g/mol.